The van der Waals surface area contributed by atoms with Crippen molar-refractivity contribution in [3.8, 4) is 12.3 Å². The van der Waals surface area contributed by atoms with E-state index in [1.165, 1.54) is 0 Å². The molecule has 0 saturated carbocycles. The van der Waals surface area contributed by atoms with Gasteiger partial charge in [0, 0.05) is 0 Å². The van der Waals surface area contributed by atoms with Crippen LogP contribution in [0.1, 0.15) is 26.7 Å². The van der Waals surface area contributed by atoms with Crippen LogP contribution in [0.3, 0.4) is 0 Å². The van der Waals surface area contributed by atoms with E-state index in [1.54, 1.807) is 0 Å². The van der Waals surface area contributed by atoms with Crippen molar-refractivity contribution >= 4 is 5.91 Å². The summed E-state index contributed by atoms with van der Waals surface area (Å²) >= 11 is 0. The van der Waals surface area contributed by atoms with Crippen molar-refractivity contribution in [2.45, 2.75) is 38.8 Å². The summed E-state index contributed by atoms with van der Waals surface area (Å²) in [6, 6.07) is -0.623. The van der Waals surface area contributed by atoms with Crippen LogP contribution < -0.4 is 11.1 Å². The maximum Gasteiger partial charge on any atom is 0.237 e. The third-order valence-corrected chi connectivity index (χ3v) is 1.70. The fraction of sp³-hybridized carbons (Fsp3) is 0.667. The first-order chi connectivity index (χ1) is 5.65. The highest BCUT2D eigenvalue weighted by molar-refractivity contribution is 5.81. The first-order valence-electron chi connectivity index (χ1n) is 4.17. The molecule has 3 nitrogen and oxygen atoms in total. The van der Waals surface area contributed by atoms with Crippen LogP contribution in [0.4, 0.5) is 0 Å². The third kappa shape index (κ3) is 3.40. The molecule has 2 unspecified atom stereocenters. The first-order valence-corrected chi connectivity index (χ1v) is 4.17. The lowest BCUT2D eigenvalue weighted by molar-refractivity contribution is -0.122. The molecule has 3 N–H and O–H groups in total. The van der Waals surface area contributed by atoms with Crippen LogP contribution in [0.25, 0.3) is 0 Å². The smallest absolute Gasteiger partial charge is 0.237 e. The van der Waals surface area contributed by atoms with Crippen LogP contribution in [0, 0.1) is 12.3 Å². The van der Waals surface area contributed by atoms with Crippen LogP contribution in [0.5, 0.6) is 0 Å². The first kappa shape index (κ1) is 11.0. The lowest BCUT2D eigenvalue weighted by Gasteiger charge is -2.13. The second-order valence-corrected chi connectivity index (χ2v) is 2.65. The predicted molar refractivity (Wildman–Crippen MR) is 49.3 cm³/mol. The number of nitrogens with one attached hydrogen (secondary N) is 1. The molecule has 0 spiro atoms. The van der Waals surface area contributed by atoms with Gasteiger partial charge in [0.05, 0.1) is 12.1 Å². The van der Waals surface area contributed by atoms with Crippen molar-refractivity contribution in [1.29, 1.82) is 0 Å². The Morgan fingerprint density at radius 3 is 2.50 bits per heavy atom. The highest BCUT2D eigenvalue weighted by Crippen LogP contribution is 1.91. The number of hydrogen-bond acceptors (Lipinski definition) is 2. The van der Waals surface area contributed by atoms with Crippen LogP contribution in [0.2, 0.25) is 0 Å². The van der Waals surface area contributed by atoms with Crippen molar-refractivity contribution in [3.63, 3.8) is 0 Å². The summed E-state index contributed by atoms with van der Waals surface area (Å²) in [4.78, 5) is 11.2. The second kappa shape index (κ2) is 5.62. The summed E-state index contributed by atoms with van der Waals surface area (Å²) < 4.78 is 0. The Morgan fingerprint density at radius 1 is 1.58 bits per heavy atom. The molecule has 0 aliphatic carbocycles. The molecule has 0 rings (SSSR count). The standard InChI is InChI=1S/C9H16N2O/c1-4-7(5-2)11-9(12)8(10)6-3/h1,7-8H,5-6,10H2,2-3H3,(H,11,12). The van der Waals surface area contributed by atoms with Crippen molar-refractivity contribution in [2.24, 2.45) is 5.73 Å². The lowest BCUT2D eigenvalue weighted by atomic mass is 10.2. The Hall–Kier alpha value is -1.01. The molecule has 2 atom stereocenters. The molecule has 0 aliphatic heterocycles. The normalized spacial score (nSPS) is 14.5. The summed E-state index contributed by atoms with van der Waals surface area (Å²) in [5, 5.41) is 2.67. The van der Waals surface area contributed by atoms with Gasteiger partial charge in [-0.25, -0.2) is 0 Å². The van der Waals surface area contributed by atoms with Crippen LogP contribution >= 0.6 is 0 Å². The van der Waals surface area contributed by atoms with E-state index in [4.69, 9.17) is 12.2 Å². The molecule has 0 bridgehead atoms. The van der Waals surface area contributed by atoms with E-state index < -0.39 is 6.04 Å². The zero-order valence-electron chi connectivity index (χ0n) is 7.63. The highest BCUT2D eigenvalue weighted by Gasteiger charge is 2.13. The molecule has 0 aliphatic rings. The van der Waals surface area contributed by atoms with Crippen LogP contribution in [-0.4, -0.2) is 18.0 Å². The van der Waals surface area contributed by atoms with Gasteiger partial charge in [-0.2, -0.15) is 0 Å². The zero-order valence-corrected chi connectivity index (χ0v) is 7.63. The Labute approximate surface area is 73.7 Å². The average Bonchev–Trinajstić information content (AvgIpc) is 2.12. The summed E-state index contributed by atoms with van der Waals surface area (Å²) in [5.74, 6) is 2.31. The Morgan fingerprint density at radius 2 is 2.17 bits per heavy atom. The van der Waals surface area contributed by atoms with E-state index in [0.29, 0.717) is 6.42 Å². The van der Waals surface area contributed by atoms with Gasteiger partial charge in [-0.1, -0.05) is 19.8 Å². The van der Waals surface area contributed by atoms with Gasteiger partial charge in [-0.3, -0.25) is 4.79 Å². The number of hydrogen-bond donors (Lipinski definition) is 2. The quantitative estimate of drug-likeness (QED) is 0.591. The second-order valence-electron chi connectivity index (χ2n) is 2.65. The number of carbonyl (C=O) groups excluding carboxylic acids is 1. The number of carbonyl (C=O) groups is 1. The van der Waals surface area contributed by atoms with Gasteiger partial charge in [0.2, 0.25) is 5.91 Å². The third-order valence-electron chi connectivity index (χ3n) is 1.70. The summed E-state index contributed by atoms with van der Waals surface area (Å²) in [6.07, 6.45) is 6.53. The Bertz CT molecular complexity index is 183. The van der Waals surface area contributed by atoms with Crippen molar-refractivity contribution in [2.75, 3.05) is 0 Å². The summed E-state index contributed by atoms with van der Waals surface area (Å²) in [7, 11) is 0. The minimum Gasteiger partial charge on any atom is -0.341 e. The molecule has 68 valence electrons. The lowest BCUT2D eigenvalue weighted by Crippen LogP contribution is -2.44. The molecule has 0 aromatic rings. The van der Waals surface area contributed by atoms with E-state index in [1.807, 2.05) is 13.8 Å². The van der Waals surface area contributed by atoms with E-state index in [-0.39, 0.29) is 11.9 Å². The Balaban J connectivity index is 3.92. The predicted octanol–water partition coefficient (Wildman–Crippen LogP) is 0.252. The monoisotopic (exact) mass is 168 g/mol. The molecule has 12 heavy (non-hydrogen) atoms. The van der Waals surface area contributed by atoms with Gasteiger partial charge in [-0.15, -0.1) is 6.42 Å². The molecule has 0 aromatic heterocycles. The number of amides is 1. The van der Waals surface area contributed by atoms with Crippen molar-refractivity contribution < 1.29 is 4.79 Å². The van der Waals surface area contributed by atoms with Crippen LogP contribution in [0.15, 0.2) is 0 Å². The largest absolute Gasteiger partial charge is 0.341 e. The molecular formula is C9H16N2O. The van der Waals surface area contributed by atoms with Gasteiger partial charge >= 0.3 is 0 Å². The van der Waals surface area contributed by atoms with Gasteiger partial charge in [-0.05, 0) is 12.8 Å². The van der Waals surface area contributed by atoms with E-state index in [2.05, 4.69) is 11.2 Å². The Kier molecular flexibility index (Phi) is 5.14. The fourth-order valence-corrected chi connectivity index (χ4v) is 0.726. The number of rotatable bonds is 4. The fourth-order valence-electron chi connectivity index (χ4n) is 0.726. The number of terminal acetylenes is 1. The zero-order chi connectivity index (χ0) is 9.56. The molecule has 0 radical (unpaired) electrons. The maximum atomic E-state index is 11.2. The average molecular weight is 168 g/mol. The van der Waals surface area contributed by atoms with Gasteiger partial charge in [0.15, 0.2) is 0 Å². The topological polar surface area (TPSA) is 55.1 Å². The summed E-state index contributed by atoms with van der Waals surface area (Å²) in [5.41, 5.74) is 5.49. The van der Waals surface area contributed by atoms with Crippen molar-refractivity contribution in [1.82, 2.24) is 5.32 Å². The van der Waals surface area contributed by atoms with Crippen molar-refractivity contribution in [3.05, 3.63) is 0 Å². The number of nitrogens with two attached hydrogens (primary N) is 1. The van der Waals surface area contributed by atoms with E-state index in [0.717, 1.165) is 6.42 Å². The molecule has 0 aromatic carbocycles. The molecular weight excluding hydrogens is 152 g/mol. The maximum absolute atomic E-state index is 11.2. The van der Waals surface area contributed by atoms with E-state index >= 15 is 0 Å². The van der Waals surface area contributed by atoms with Gasteiger partial charge in [0.1, 0.15) is 0 Å². The minimum atomic E-state index is -0.438. The highest BCUT2D eigenvalue weighted by atomic mass is 16.2. The SMILES string of the molecule is C#CC(CC)NC(=O)C(N)CC. The molecule has 0 heterocycles. The van der Waals surface area contributed by atoms with Gasteiger partial charge in [0.25, 0.3) is 0 Å². The molecule has 3 heteroatoms. The molecule has 0 fully saturated rings. The van der Waals surface area contributed by atoms with Crippen LogP contribution in [-0.2, 0) is 4.79 Å². The molecule has 0 saturated heterocycles. The minimum absolute atomic E-state index is 0.165. The van der Waals surface area contributed by atoms with Gasteiger partial charge < -0.3 is 11.1 Å². The van der Waals surface area contributed by atoms with E-state index in [9.17, 15) is 4.79 Å². The molecule has 1 amide bonds. The summed E-state index contributed by atoms with van der Waals surface area (Å²) in [6.45, 7) is 3.78.